The highest BCUT2D eigenvalue weighted by Gasteiger charge is 2.27. The Morgan fingerprint density at radius 1 is 1.28 bits per heavy atom. The van der Waals surface area contributed by atoms with Crippen molar-refractivity contribution < 1.29 is 9.47 Å². The van der Waals surface area contributed by atoms with Crippen molar-refractivity contribution in [1.82, 2.24) is 0 Å². The molecule has 1 aliphatic carbocycles. The maximum Gasteiger partial charge on any atom is 0.180 e. The van der Waals surface area contributed by atoms with E-state index in [0.717, 1.165) is 31.1 Å². The zero-order chi connectivity index (χ0) is 18.2. The monoisotopic (exact) mass is 345 g/mol. The maximum atomic E-state index is 6.34. The molecule has 0 amide bonds. The van der Waals surface area contributed by atoms with Gasteiger partial charge >= 0.3 is 0 Å². The Labute approximate surface area is 153 Å². The van der Waals surface area contributed by atoms with Crippen molar-refractivity contribution in [2.45, 2.75) is 84.5 Å². The Morgan fingerprint density at radius 3 is 2.64 bits per heavy atom. The first-order chi connectivity index (χ1) is 12.0. The molecule has 4 atom stereocenters. The van der Waals surface area contributed by atoms with Crippen molar-refractivity contribution in [3.8, 4) is 0 Å². The largest absolute Gasteiger partial charge is 0.475 e. The van der Waals surface area contributed by atoms with E-state index in [1.165, 1.54) is 30.4 Å². The number of rotatable bonds is 8. The summed E-state index contributed by atoms with van der Waals surface area (Å²) in [6, 6.07) is 8.87. The number of ether oxygens (including phenoxy) is 2. The zero-order valence-corrected chi connectivity index (χ0v) is 16.6. The highest BCUT2D eigenvalue weighted by Crippen LogP contribution is 2.30. The molecule has 1 aromatic carbocycles. The normalized spacial score (nSPS) is 23.5. The van der Waals surface area contributed by atoms with Gasteiger partial charge in [-0.3, -0.25) is 4.99 Å². The van der Waals surface area contributed by atoms with Gasteiger partial charge in [-0.1, -0.05) is 44.5 Å². The molecule has 0 bridgehead atoms. The lowest BCUT2D eigenvalue weighted by Crippen LogP contribution is -2.27. The molecule has 0 spiro atoms. The summed E-state index contributed by atoms with van der Waals surface area (Å²) in [4.78, 5) is 4.85. The second-order valence-corrected chi connectivity index (χ2v) is 7.53. The van der Waals surface area contributed by atoms with Crippen LogP contribution in [0.15, 0.2) is 29.3 Å². The van der Waals surface area contributed by atoms with Gasteiger partial charge in [0.2, 0.25) is 0 Å². The van der Waals surface area contributed by atoms with Crippen LogP contribution in [0.3, 0.4) is 0 Å². The minimum absolute atomic E-state index is 0.00799. The number of hydrogen-bond donors (Lipinski definition) is 0. The lowest BCUT2D eigenvalue weighted by molar-refractivity contribution is -0.0116. The van der Waals surface area contributed by atoms with Gasteiger partial charge in [0.05, 0.1) is 6.04 Å². The number of nitrogens with zero attached hydrogens (tertiary/aromatic N) is 1. The van der Waals surface area contributed by atoms with Crippen molar-refractivity contribution in [2.75, 3.05) is 7.11 Å². The topological polar surface area (TPSA) is 30.8 Å². The van der Waals surface area contributed by atoms with E-state index in [0.29, 0.717) is 6.04 Å². The molecular formula is C22H35NO2. The Morgan fingerprint density at radius 2 is 2.04 bits per heavy atom. The highest BCUT2D eigenvalue weighted by atomic mass is 16.5. The molecule has 3 nitrogen and oxygen atoms in total. The van der Waals surface area contributed by atoms with Crippen molar-refractivity contribution in [3.05, 3.63) is 35.4 Å². The predicted molar refractivity (Wildman–Crippen MR) is 105 cm³/mol. The number of aliphatic imine (C=N–C) groups is 1. The molecule has 0 heterocycles. The Bertz CT molecular complexity index is 555. The van der Waals surface area contributed by atoms with Gasteiger partial charge in [-0.05, 0) is 56.1 Å². The first kappa shape index (κ1) is 20.0. The molecule has 2 rings (SSSR count). The van der Waals surface area contributed by atoms with Crippen molar-refractivity contribution in [3.63, 3.8) is 0 Å². The third-order valence-electron chi connectivity index (χ3n) is 5.28. The maximum absolute atomic E-state index is 6.34. The highest BCUT2D eigenvalue weighted by molar-refractivity contribution is 5.73. The molecule has 3 heteroatoms. The van der Waals surface area contributed by atoms with Crippen LogP contribution in [0.2, 0.25) is 0 Å². The molecule has 1 fully saturated rings. The summed E-state index contributed by atoms with van der Waals surface area (Å²) < 4.78 is 12.2. The third-order valence-corrected chi connectivity index (χ3v) is 5.28. The minimum atomic E-state index is -0.0552. The average molecular weight is 346 g/mol. The van der Waals surface area contributed by atoms with Crippen LogP contribution in [0.4, 0.5) is 0 Å². The Kier molecular flexibility index (Phi) is 7.95. The van der Waals surface area contributed by atoms with E-state index < -0.39 is 0 Å². The van der Waals surface area contributed by atoms with Gasteiger partial charge in [0.25, 0.3) is 0 Å². The summed E-state index contributed by atoms with van der Waals surface area (Å²) >= 11 is 0. The van der Waals surface area contributed by atoms with Crippen molar-refractivity contribution in [2.24, 2.45) is 10.9 Å². The summed E-state index contributed by atoms with van der Waals surface area (Å²) in [6.07, 6.45) is 6.87. The fraction of sp³-hybridized carbons (Fsp3) is 0.682. The van der Waals surface area contributed by atoms with E-state index in [9.17, 15) is 0 Å². The van der Waals surface area contributed by atoms with Crippen molar-refractivity contribution >= 4 is 5.90 Å². The predicted octanol–water partition coefficient (Wildman–Crippen LogP) is 5.86. The molecule has 0 saturated heterocycles. The van der Waals surface area contributed by atoms with Crippen LogP contribution >= 0.6 is 0 Å². The number of hydrogen-bond acceptors (Lipinski definition) is 3. The fourth-order valence-electron chi connectivity index (χ4n) is 3.86. The lowest BCUT2D eigenvalue weighted by Gasteiger charge is -2.28. The van der Waals surface area contributed by atoms with Gasteiger partial charge in [0, 0.05) is 14.0 Å². The fourth-order valence-corrected chi connectivity index (χ4v) is 3.86. The number of benzene rings is 1. The van der Waals surface area contributed by atoms with Crippen LogP contribution in [0.1, 0.15) is 76.5 Å². The molecular weight excluding hydrogens is 310 g/mol. The lowest BCUT2D eigenvalue weighted by atomic mass is 9.96. The first-order valence-electron chi connectivity index (χ1n) is 9.84. The molecule has 1 saturated carbocycles. The van der Waals surface area contributed by atoms with Crippen LogP contribution in [-0.4, -0.2) is 25.2 Å². The standard InChI is InChI=1S/C22H35NO2/c1-6-7-12-21(22(24-5)20-11-9-8-10-17(20)3)25-18(4)23-19-14-13-16(2)15-19/h8-11,16,19,21-22H,6-7,12-15H2,1-5H3. The minimum Gasteiger partial charge on any atom is -0.475 e. The summed E-state index contributed by atoms with van der Waals surface area (Å²) in [6.45, 7) is 8.67. The number of aryl methyl sites for hydroxylation is 1. The summed E-state index contributed by atoms with van der Waals surface area (Å²) in [5, 5.41) is 0. The van der Waals surface area contributed by atoms with E-state index in [1.54, 1.807) is 7.11 Å². The van der Waals surface area contributed by atoms with Crippen LogP contribution in [0.5, 0.6) is 0 Å². The van der Waals surface area contributed by atoms with E-state index >= 15 is 0 Å². The summed E-state index contributed by atoms with van der Waals surface area (Å²) in [5.74, 6) is 1.60. The van der Waals surface area contributed by atoms with Crippen LogP contribution in [0, 0.1) is 12.8 Å². The SMILES string of the molecule is CCCCC(OC(C)=NC1CCC(C)C1)C(OC)c1ccccc1C. The molecule has 140 valence electrons. The van der Waals surface area contributed by atoms with E-state index in [1.807, 2.05) is 6.92 Å². The quantitative estimate of drug-likeness (QED) is 0.436. The van der Waals surface area contributed by atoms with Gasteiger partial charge in [-0.2, -0.15) is 0 Å². The van der Waals surface area contributed by atoms with E-state index in [-0.39, 0.29) is 12.2 Å². The molecule has 0 radical (unpaired) electrons. The Hall–Kier alpha value is -1.35. The smallest absolute Gasteiger partial charge is 0.180 e. The van der Waals surface area contributed by atoms with Crippen LogP contribution in [-0.2, 0) is 9.47 Å². The van der Waals surface area contributed by atoms with Gasteiger partial charge in [-0.25, -0.2) is 0 Å². The molecule has 4 unspecified atom stereocenters. The number of unbranched alkanes of at least 4 members (excludes halogenated alkanes) is 1. The second-order valence-electron chi connectivity index (χ2n) is 7.53. The van der Waals surface area contributed by atoms with E-state index in [2.05, 4.69) is 45.0 Å². The summed E-state index contributed by atoms with van der Waals surface area (Å²) in [7, 11) is 1.78. The molecule has 0 N–H and O–H groups in total. The second kappa shape index (κ2) is 9.96. The van der Waals surface area contributed by atoms with Crippen LogP contribution < -0.4 is 0 Å². The van der Waals surface area contributed by atoms with Gasteiger partial charge in [0.1, 0.15) is 12.2 Å². The summed E-state index contributed by atoms with van der Waals surface area (Å²) in [5.41, 5.74) is 2.46. The Balaban J connectivity index is 2.13. The molecule has 1 aliphatic rings. The zero-order valence-electron chi connectivity index (χ0n) is 16.6. The average Bonchev–Trinajstić information content (AvgIpc) is 2.99. The first-order valence-corrected chi connectivity index (χ1v) is 9.84. The molecule has 0 aromatic heterocycles. The molecule has 1 aromatic rings. The molecule has 0 aliphatic heterocycles. The molecule has 25 heavy (non-hydrogen) atoms. The van der Waals surface area contributed by atoms with Crippen LogP contribution in [0.25, 0.3) is 0 Å². The third kappa shape index (κ3) is 5.85. The van der Waals surface area contributed by atoms with Gasteiger partial charge in [0.15, 0.2) is 5.90 Å². The number of methoxy groups -OCH3 is 1. The van der Waals surface area contributed by atoms with Gasteiger partial charge in [-0.15, -0.1) is 0 Å². The van der Waals surface area contributed by atoms with Gasteiger partial charge < -0.3 is 9.47 Å². The van der Waals surface area contributed by atoms with Crippen molar-refractivity contribution in [1.29, 1.82) is 0 Å². The van der Waals surface area contributed by atoms with E-state index in [4.69, 9.17) is 14.5 Å².